The fraction of sp³-hybridized carbons (Fsp3) is 1.00. The lowest BCUT2D eigenvalue weighted by molar-refractivity contribution is 0.213. The van der Waals surface area contributed by atoms with E-state index in [-0.39, 0.29) is 0 Å². The number of fused-ring (bicyclic) bond motifs is 2. The fourth-order valence-corrected chi connectivity index (χ4v) is 5.12. The van der Waals surface area contributed by atoms with Gasteiger partial charge >= 0.3 is 0 Å². The van der Waals surface area contributed by atoms with Gasteiger partial charge in [0.15, 0.2) is 0 Å². The Kier molecular flexibility index (Phi) is 1.40. The molecule has 5 unspecified atom stereocenters. The van der Waals surface area contributed by atoms with Crippen LogP contribution in [0.5, 0.6) is 0 Å². The fourth-order valence-electron chi connectivity index (χ4n) is 2.66. The molecule has 1 aliphatic carbocycles. The second-order valence-corrected chi connectivity index (χ2v) is 6.79. The van der Waals surface area contributed by atoms with Crippen molar-refractivity contribution in [2.24, 2.45) is 11.8 Å². The normalized spacial score (nSPS) is 62.1. The van der Waals surface area contributed by atoms with Crippen LogP contribution in [0.2, 0.25) is 0 Å². The first-order chi connectivity index (χ1) is 4.61. The number of rotatable bonds is 0. The van der Waals surface area contributed by atoms with Crippen molar-refractivity contribution in [3.05, 3.63) is 0 Å². The van der Waals surface area contributed by atoms with E-state index >= 15 is 0 Å². The van der Waals surface area contributed by atoms with Crippen LogP contribution < -0.4 is 0 Å². The Morgan fingerprint density at radius 3 is 2.30 bits per heavy atom. The molecule has 3 aliphatic rings. The van der Waals surface area contributed by atoms with Crippen LogP contribution in [0.4, 0.5) is 0 Å². The summed E-state index contributed by atoms with van der Waals surface area (Å²) in [6.07, 6.45) is 3.04. The second-order valence-electron chi connectivity index (χ2n) is 4.56. The Morgan fingerprint density at radius 2 is 1.90 bits per heavy atom. The van der Waals surface area contributed by atoms with Crippen molar-refractivity contribution < 1.29 is 0 Å². The molecule has 0 spiro atoms. The van der Waals surface area contributed by atoms with Gasteiger partial charge in [-0.2, -0.15) is 0 Å². The van der Waals surface area contributed by atoms with E-state index in [2.05, 4.69) is 20.8 Å². The molecule has 0 amide bonds. The third-order valence-electron chi connectivity index (χ3n) is 3.51. The van der Waals surface area contributed by atoms with Gasteiger partial charge in [0.05, 0.1) is 0 Å². The van der Waals surface area contributed by atoms with E-state index < -0.39 is 0 Å². The van der Waals surface area contributed by atoms with Crippen molar-refractivity contribution in [2.45, 2.75) is 44.4 Å². The molecule has 2 heterocycles. The highest BCUT2D eigenvalue weighted by atomic mass is 31.1. The van der Waals surface area contributed by atoms with E-state index in [0.29, 0.717) is 0 Å². The third-order valence-corrected chi connectivity index (χ3v) is 5.71. The summed E-state index contributed by atoms with van der Waals surface area (Å²) < 4.78 is 0. The Morgan fingerprint density at radius 1 is 1.30 bits per heavy atom. The molecule has 0 aromatic carbocycles. The monoisotopic (exact) mass is 156 g/mol. The molecule has 0 nitrogen and oxygen atoms in total. The summed E-state index contributed by atoms with van der Waals surface area (Å²) in [5, 5.41) is 0.802. The third kappa shape index (κ3) is 0.848. The van der Waals surface area contributed by atoms with Gasteiger partial charge in [0, 0.05) is 0 Å². The van der Waals surface area contributed by atoms with Crippen molar-refractivity contribution >= 4 is 8.58 Å². The van der Waals surface area contributed by atoms with E-state index in [1.165, 1.54) is 21.4 Å². The van der Waals surface area contributed by atoms with Gasteiger partial charge < -0.3 is 0 Å². The van der Waals surface area contributed by atoms with Crippen molar-refractivity contribution in [3.63, 3.8) is 0 Å². The molecule has 5 atom stereocenters. The summed E-state index contributed by atoms with van der Waals surface area (Å²) in [6, 6.07) is 0. The van der Waals surface area contributed by atoms with Crippen LogP contribution in [-0.2, 0) is 0 Å². The first-order valence-corrected chi connectivity index (χ1v) is 5.46. The molecule has 58 valence electrons. The zero-order valence-electron chi connectivity index (χ0n) is 7.15. The quantitative estimate of drug-likeness (QED) is 0.473. The van der Waals surface area contributed by atoms with Crippen LogP contribution in [0.15, 0.2) is 0 Å². The lowest BCUT2D eigenvalue weighted by Crippen LogP contribution is -2.48. The molecule has 0 N–H and O–H groups in total. The molecule has 3 rings (SSSR count). The summed E-state index contributed by atoms with van der Waals surface area (Å²) in [5.74, 6) is 2.03. The molecule has 2 bridgehead atoms. The van der Waals surface area contributed by atoms with Crippen LogP contribution >= 0.6 is 8.58 Å². The number of hydrogen-bond donors (Lipinski definition) is 0. The molecule has 2 saturated heterocycles. The highest BCUT2D eigenvalue weighted by Crippen LogP contribution is 2.64. The van der Waals surface area contributed by atoms with Crippen molar-refractivity contribution in [2.75, 3.05) is 0 Å². The largest absolute Gasteiger partial charge is 0.112 e. The topological polar surface area (TPSA) is 0 Å². The highest BCUT2D eigenvalue weighted by Gasteiger charge is 2.49. The second kappa shape index (κ2) is 1.97. The Hall–Kier alpha value is 0.430. The first-order valence-electron chi connectivity index (χ1n) is 4.38. The van der Waals surface area contributed by atoms with Crippen LogP contribution in [0.25, 0.3) is 0 Å². The molecular weight excluding hydrogens is 139 g/mol. The zero-order chi connectivity index (χ0) is 7.35. The SMILES string of the molecule is CC1CC2(C)CC(P2)C1C. The van der Waals surface area contributed by atoms with Crippen LogP contribution in [-0.4, -0.2) is 10.8 Å². The minimum Gasteiger partial charge on any atom is -0.112 e. The Bertz CT molecular complexity index is 145. The van der Waals surface area contributed by atoms with Gasteiger partial charge in [-0.15, -0.1) is 8.58 Å². The van der Waals surface area contributed by atoms with Gasteiger partial charge in [0.25, 0.3) is 0 Å². The molecule has 1 saturated carbocycles. The maximum Gasteiger partial charge on any atom is -0.0139 e. The van der Waals surface area contributed by atoms with Gasteiger partial charge in [0.2, 0.25) is 0 Å². The Labute approximate surface area is 65.6 Å². The minimum atomic E-state index is 0.802. The minimum absolute atomic E-state index is 0.802. The first kappa shape index (κ1) is 7.10. The molecular formula is C9H17P. The molecule has 0 aromatic heterocycles. The summed E-state index contributed by atoms with van der Waals surface area (Å²) in [5.41, 5.74) is 1.12. The van der Waals surface area contributed by atoms with Gasteiger partial charge in [-0.25, -0.2) is 0 Å². The molecule has 3 fully saturated rings. The predicted molar refractivity (Wildman–Crippen MR) is 48.1 cm³/mol. The van der Waals surface area contributed by atoms with Gasteiger partial charge in [-0.05, 0) is 35.5 Å². The lowest BCUT2D eigenvalue weighted by Gasteiger charge is -2.56. The molecule has 0 radical (unpaired) electrons. The standard InChI is InChI=1S/C9H17P/c1-6-4-9(3)5-8(10-9)7(6)2/h6-8,10H,4-5H2,1-3H3. The summed E-state index contributed by atoms with van der Waals surface area (Å²) in [7, 11) is 1.29. The van der Waals surface area contributed by atoms with Gasteiger partial charge in [-0.3, -0.25) is 0 Å². The van der Waals surface area contributed by atoms with Crippen molar-refractivity contribution in [1.29, 1.82) is 0 Å². The zero-order valence-corrected chi connectivity index (χ0v) is 8.15. The lowest BCUT2D eigenvalue weighted by atomic mass is 9.74. The van der Waals surface area contributed by atoms with E-state index in [4.69, 9.17) is 0 Å². The van der Waals surface area contributed by atoms with Gasteiger partial charge in [-0.1, -0.05) is 20.8 Å². The maximum atomic E-state index is 2.48. The van der Waals surface area contributed by atoms with E-state index in [9.17, 15) is 0 Å². The van der Waals surface area contributed by atoms with E-state index in [1.807, 2.05) is 0 Å². The smallest absolute Gasteiger partial charge is 0.0139 e. The Balaban J connectivity index is 2.10. The van der Waals surface area contributed by atoms with E-state index in [1.54, 1.807) is 0 Å². The molecule has 1 heteroatoms. The number of hydrogen-bond acceptors (Lipinski definition) is 0. The van der Waals surface area contributed by atoms with Gasteiger partial charge in [0.1, 0.15) is 0 Å². The van der Waals surface area contributed by atoms with Crippen LogP contribution in [0.1, 0.15) is 33.6 Å². The summed E-state index contributed by atoms with van der Waals surface area (Å²) >= 11 is 0. The molecule has 10 heavy (non-hydrogen) atoms. The predicted octanol–water partition coefficient (Wildman–Crippen LogP) is 2.87. The van der Waals surface area contributed by atoms with Crippen LogP contribution in [0, 0.1) is 11.8 Å². The average molecular weight is 156 g/mol. The van der Waals surface area contributed by atoms with Crippen molar-refractivity contribution in [3.8, 4) is 0 Å². The van der Waals surface area contributed by atoms with E-state index in [0.717, 1.165) is 22.7 Å². The summed E-state index contributed by atoms with van der Waals surface area (Å²) in [4.78, 5) is 0. The average Bonchev–Trinajstić information content (AvgIpc) is 1.77. The maximum absolute atomic E-state index is 2.48. The highest BCUT2D eigenvalue weighted by molar-refractivity contribution is 7.43. The molecule has 0 aromatic rings. The van der Waals surface area contributed by atoms with Crippen molar-refractivity contribution in [1.82, 2.24) is 0 Å². The molecule has 2 aliphatic heterocycles. The van der Waals surface area contributed by atoms with Crippen LogP contribution in [0.3, 0.4) is 0 Å². The summed E-state index contributed by atoms with van der Waals surface area (Å²) in [6.45, 7) is 7.35.